The highest BCUT2D eigenvalue weighted by Gasteiger charge is 2.41. The first kappa shape index (κ1) is 25.2. The number of methoxy groups -OCH3 is 1. The molecule has 0 radical (unpaired) electrons. The first-order valence-corrected chi connectivity index (χ1v) is 12.6. The van der Waals surface area contributed by atoms with Crippen LogP contribution in [0.1, 0.15) is 40.3 Å². The molecule has 0 spiro atoms. The number of aromatic nitrogens is 1. The summed E-state index contributed by atoms with van der Waals surface area (Å²) in [6.45, 7) is 0.381. The SMILES string of the molecule is COC(=O)c1cccc(-c2ccc([C@H]3[C@@H](c4ccccn4)NC(=S)N3CCC(=O)Nc3ccccc3)o2)c1. The van der Waals surface area contributed by atoms with Gasteiger partial charge in [-0.1, -0.05) is 36.4 Å². The van der Waals surface area contributed by atoms with E-state index in [0.29, 0.717) is 28.7 Å². The molecule has 1 saturated heterocycles. The zero-order valence-electron chi connectivity index (χ0n) is 20.7. The average Bonchev–Trinajstić information content (AvgIpc) is 3.57. The second kappa shape index (κ2) is 11.3. The number of amides is 1. The molecule has 1 aliphatic heterocycles. The number of carbonyl (C=O) groups excluding carboxylic acids is 2. The maximum absolute atomic E-state index is 12.7. The van der Waals surface area contributed by atoms with Gasteiger partial charge < -0.3 is 24.7 Å². The van der Waals surface area contributed by atoms with Gasteiger partial charge in [0.25, 0.3) is 0 Å². The second-order valence-electron chi connectivity index (χ2n) is 8.76. The molecule has 0 unspecified atom stereocenters. The Bertz CT molecular complexity index is 1440. The van der Waals surface area contributed by atoms with Crippen molar-refractivity contribution in [3.05, 3.63) is 108 Å². The van der Waals surface area contributed by atoms with E-state index in [1.165, 1.54) is 7.11 Å². The Morgan fingerprint density at radius 1 is 1.05 bits per heavy atom. The number of rotatable bonds is 8. The third-order valence-electron chi connectivity index (χ3n) is 6.32. The van der Waals surface area contributed by atoms with Gasteiger partial charge in [-0.05, 0) is 60.7 Å². The van der Waals surface area contributed by atoms with Crippen molar-refractivity contribution < 1.29 is 18.7 Å². The minimum atomic E-state index is -0.417. The van der Waals surface area contributed by atoms with E-state index >= 15 is 0 Å². The van der Waals surface area contributed by atoms with Gasteiger partial charge in [0.15, 0.2) is 5.11 Å². The van der Waals surface area contributed by atoms with Gasteiger partial charge in [0.1, 0.15) is 17.6 Å². The summed E-state index contributed by atoms with van der Waals surface area (Å²) < 4.78 is 11.2. The van der Waals surface area contributed by atoms with Gasteiger partial charge >= 0.3 is 5.97 Å². The number of furan rings is 1. The molecule has 1 amide bonds. The zero-order valence-corrected chi connectivity index (χ0v) is 21.5. The van der Waals surface area contributed by atoms with Gasteiger partial charge in [-0.15, -0.1) is 0 Å². The summed E-state index contributed by atoms with van der Waals surface area (Å²) in [5.41, 5.74) is 2.73. The van der Waals surface area contributed by atoms with Crippen LogP contribution in [0.5, 0.6) is 0 Å². The van der Waals surface area contributed by atoms with Crippen molar-refractivity contribution >= 4 is 34.9 Å². The molecule has 38 heavy (non-hydrogen) atoms. The number of pyridine rings is 1. The van der Waals surface area contributed by atoms with Gasteiger partial charge in [-0.25, -0.2) is 4.79 Å². The molecule has 0 aliphatic carbocycles. The molecule has 8 nitrogen and oxygen atoms in total. The first-order valence-electron chi connectivity index (χ1n) is 12.1. The molecule has 5 rings (SSSR count). The number of nitrogens with zero attached hydrogens (tertiary/aromatic N) is 2. The van der Waals surface area contributed by atoms with Gasteiger partial charge in [0, 0.05) is 30.4 Å². The van der Waals surface area contributed by atoms with E-state index in [2.05, 4.69) is 15.6 Å². The van der Waals surface area contributed by atoms with Crippen LogP contribution >= 0.6 is 12.2 Å². The fourth-order valence-corrected chi connectivity index (χ4v) is 4.84. The second-order valence-corrected chi connectivity index (χ2v) is 9.15. The van der Waals surface area contributed by atoms with Crippen molar-refractivity contribution in [1.29, 1.82) is 0 Å². The highest BCUT2D eigenvalue weighted by molar-refractivity contribution is 7.80. The van der Waals surface area contributed by atoms with Crippen molar-refractivity contribution in [3.8, 4) is 11.3 Å². The van der Waals surface area contributed by atoms with Crippen LogP contribution in [-0.4, -0.2) is 40.5 Å². The largest absolute Gasteiger partial charge is 0.465 e. The van der Waals surface area contributed by atoms with E-state index in [4.69, 9.17) is 21.4 Å². The number of para-hydroxylation sites is 1. The van der Waals surface area contributed by atoms with Crippen molar-refractivity contribution in [2.75, 3.05) is 19.0 Å². The highest BCUT2D eigenvalue weighted by atomic mass is 32.1. The minimum Gasteiger partial charge on any atom is -0.465 e. The standard InChI is InChI=1S/C29H26N4O4S/c1-36-28(35)20-9-7-8-19(18-20)23-13-14-24(37-23)27-26(22-12-5-6-16-30-22)32-29(38)33(27)17-15-25(34)31-21-10-3-2-4-11-21/h2-14,16,18,26-27H,15,17H2,1H3,(H,31,34)(H,32,38)/t26-,27+/m1/s1. The van der Waals surface area contributed by atoms with Crippen LogP contribution in [-0.2, 0) is 9.53 Å². The molecule has 2 N–H and O–H groups in total. The van der Waals surface area contributed by atoms with Crippen molar-refractivity contribution in [1.82, 2.24) is 15.2 Å². The van der Waals surface area contributed by atoms with Crippen molar-refractivity contribution in [2.45, 2.75) is 18.5 Å². The van der Waals surface area contributed by atoms with Crippen LogP contribution < -0.4 is 10.6 Å². The fourth-order valence-electron chi connectivity index (χ4n) is 4.51. The summed E-state index contributed by atoms with van der Waals surface area (Å²) in [4.78, 5) is 31.2. The van der Waals surface area contributed by atoms with E-state index in [9.17, 15) is 9.59 Å². The van der Waals surface area contributed by atoms with Crippen LogP contribution in [0.3, 0.4) is 0 Å². The number of thiocarbonyl (C=S) groups is 1. The molecule has 4 aromatic rings. The van der Waals surface area contributed by atoms with Crippen molar-refractivity contribution in [2.24, 2.45) is 0 Å². The lowest BCUT2D eigenvalue weighted by molar-refractivity contribution is -0.116. The van der Waals surface area contributed by atoms with E-state index < -0.39 is 5.97 Å². The van der Waals surface area contributed by atoms with Crippen LogP contribution in [0.25, 0.3) is 11.3 Å². The molecule has 9 heteroatoms. The summed E-state index contributed by atoms with van der Waals surface area (Å²) in [5.74, 6) is 0.734. The predicted molar refractivity (Wildman–Crippen MR) is 147 cm³/mol. The van der Waals surface area contributed by atoms with E-state index in [0.717, 1.165) is 16.9 Å². The number of esters is 1. The topological polar surface area (TPSA) is 96.7 Å². The average molecular weight is 527 g/mol. The smallest absolute Gasteiger partial charge is 0.337 e. The summed E-state index contributed by atoms with van der Waals surface area (Å²) in [5, 5.41) is 6.80. The molecule has 0 saturated carbocycles. The normalized spacial score (nSPS) is 16.7. The summed E-state index contributed by atoms with van der Waals surface area (Å²) in [6.07, 6.45) is 1.97. The zero-order chi connectivity index (χ0) is 26.5. The van der Waals surface area contributed by atoms with E-state index in [1.807, 2.05) is 71.6 Å². The molecule has 2 aromatic carbocycles. The Morgan fingerprint density at radius 2 is 1.87 bits per heavy atom. The minimum absolute atomic E-state index is 0.112. The predicted octanol–water partition coefficient (Wildman–Crippen LogP) is 5.13. The van der Waals surface area contributed by atoms with Crippen LogP contribution in [0.2, 0.25) is 0 Å². The molecule has 0 bridgehead atoms. The van der Waals surface area contributed by atoms with Crippen LogP contribution in [0.15, 0.2) is 95.5 Å². The van der Waals surface area contributed by atoms with Crippen LogP contribution in [0.4, 0.5) is 5.69 Å². The molecular formula is C29H26N4O4S. The fraction of sp³-hybridized carbons (Fsp3) is 0.172. The number of anilines is 1. The highest BCUT2D eigenvalue weighted by Crippen LogP contribution is 2.40. The van der Waals surface area contributed by atoms with Gasteiger partial charge in [0.2, 0.25) is 5.91 Å². The lowest BCUT2D eigenvalue weighted by Crippen LogP contribution is -2.32. The van der Waals surface area contributed by atoms with E-state index in [1.54, 1.807) is 24.4 Å². The van der Waals surface area contributed by atoms with Gasteiger partial charge in [-0.3, -0.25) is 9.78 Å². The number of nitrogens with one attached hydrogen (secondary N) is 2. The molecule has 192 valence electrons. The van der Waals surface area contributed by atoms with E-state index in [-0.39, 0.29) is 24.4 Å². The number of benzene rings is 2. The molecule has 1 fully saturated rings. The Kier molecular flexibility index (Phi) is 7.46. The summed E-state index contributed by atoms with van der Waals surface area (Å²) in [7, 11) is 1.35. The molecular weight excluding hydrogens is 500 g/mol. The molecule has 3 heterocycles. The third-order valence-corrected chi connectivity index (χ3v) is 6.67. The quantitative estimate of drug-likeness (QED) is 0.241. The van der Waals surface area contributed by atoms with Crippen LogP contribution in [0, 0.1) is 0 Å². The molecule has 1 aliphatic rings. The maximum Gasteiger partial charge on any atom is 0.337 e. The number of carbonyl (C=O) groups is 2. The Balaban J connectivity index is 1.41. The molecule has 2 aromatic heterocycles. The molecule has 2 atom stereocenters. The van der Waals surface area contributed by atoms with Gasteiger partial charge in [0.05, 0.1) is 24.4 Å². The Labute approximate surface area is 225 Å². The summed E-state index contributed by atoms with van der Waals surface area (Å²) in [6, 6.07) is 25.3. The number of hydrogen-bond donors (Lipinski definition) is 2. The third kappa shape index (κ3) is 5.42. The first-order chi connectivity index (χ1) is 18.5. The van der Waals surface area contributed by atoms with Crippen molar-refractivity contribution in [3.63, 3.8) is 0 Å². The lowest BCUT2D eigenvalue weighted by atomic mass is 10.0. The monoisotopic (exact) mass is 526 g/mol. The van der Waals surface area contributed by atoms with Gasteiger partial charge in [-0.2, -0.15) is 0 Å². The number of hydrogen-bond acceptors (Lipinski definition) is 6. The maximum atomic E-state index is 12.7. The Morgan fingerprint density at radius 3 is 2.63 bits per heavy atom. The Hall–Kier alpha value is -4.50. The lowest BCUT2D eigenvalue weighted by Gasteiger charge is -2.25. The summed E-state index contributed by atoms with van der Waals surface area (Å²) >= 11 is 5.70. The number of ether oxygens (including phenoxy) is 1.